The van der Waals surface area contributed by atoms with Gasteiger partial charge in [0.1, 0.15) is 0 Å². The first-order chi connectivity index (χ1) is 9.76. The van der Waals surface area contributed by atoms with Gasteiger partial charge in [-0.1, -0.05) is 38.3 Å². The normalized spacial score (nSPS) is 11.2. The fourth-order valence-corrected chi connectivity index (χ4v) is 2.11. The van der Waals surface area contributed by atoms with Crippen LogP contribution in [-0.4, -0.2) is 47.3 Å². The van der Waals surface area contributed by atoms with E-state index in [2.05, 4.69) is 19.1 Å². The molecule has 0 bridgehead atoms. The Morgan fingerprint density at radius 3 is 2.15 bits per heavy atom. The van der Waals surface area contributed by atoms with Crippen LogP contribution < -0.4 is 0 Å². The van der Waals surface area contributed by atoms with E-state index < -0.39 is 0 Å². The Labute approximate surface area is 123 Å². The number of nitrogens with zero attached hydrogens (tertiary/aromatic N) is 1. The van der Waals surface area contributed by atoms with E-state index in [1.54, 1.807) is 0 Å². The maximum absolute atomic E-state index is 11.8. The molecule has 0 aliphatic carbocycles. The summed E-state index contributed by atoms with van der Waals surface area (Å²) in [5.41, 5.74) is 0. The molecule has 1 amide bonds. The van der Waals surface area contributed by atoms with Crippen LogP contribution in [0, 0.1) is 0 Å². The molecule has 0 rings (SSSR count). The van der Waals surface area contributed by atoms with E-state index in [-0.39, 0.29) is 19.1 Å². The molecule has 0 unspecified atom stereocenters. The lowest BCUT2D eigenvalue weighted by Gasteiger charge is -2.20. The molecule has 0 saturated carbocycles. The van der Waals surface area contributed by atoms with Gasteiger partial charge < -0.3 is 15.1 Å². The summed E-state index contributed by atoms with van der Waals surface area (Å²) in [4.78, 5) is 13.4. The lowest BCUT2D eigenvalue weighted by atomic mass is 10.1. The summed E-state index contributed by atoms with van der Waals surface area (Å²) in [7, 11) is 0. The van der Waals surface area contributed by atoms with Crippen molar-refractivity contribution in [1.29, 1.82) is 0 Å². The molecule has 0 aliphatic heterocycles. The SMILES string of the molecule is CCC=CCCCCCCCC(=O)N(CCO)CCO. The van der Waals surface area contributed by atoms with Gasteiger partial charge in [0.05, 0.1) is 13.2 Å². The summed E-state index contributed by atoms with van der Waals surface area (Å²) in [5, 5.41) is 17.7. The predicted molar refractivity (Wildman–Crippen MR) is 82.5 cm³/mol. The number of amides is 1. The Bertz CT molecular complexity index is 248. The molecule has 0 saturated heterocycles. The van der Waals surface area contributed by atoms with E-state index in [9.17, 15) is 4.79 Å². The second-order valence-electron chi connectivity index (χ2n) is 5.01. The maximum Gasteiger partial charge on any atom is 0.222 e. The fourth-order valence-electron chi connectivity index (χ4n) is 2.11. The minimum absolute atomic E-state index is 0.0407. The third-order valence-corrected chi connectivity index (χ3v) is 3.26. The van der Waals surface area contributed by atoms with Crippen molar-refractivity contribution < 1.29 is 15.0 Å². The maximum atomic E-state index is 11.8. The van der Waals surface area contributed by atoms with Crippen LogP contribution in [0.25, 0.3) is 0 Å². The van der Waals surface area contributed by atoms with Gasteiger partial charge in [-0.05, 0) is 25.7 Å². The van der Waals surface area contributed by atoms with Crippen LogP contribution in [0.3, 0.4) is 0 Å². The zero-order valence-electron chi connectivity index (χ0n) is 12.9. The zero-order chi connectivity index (χ0) is 15.1. The number of carbonyl (C=O) groups is 1. The van der Waals surface area contributed by atoms with Gasteiger partial charge >= 0.3 is 0 Å². The minimum atomic E-state index is -0.0446. The van der Waals surface area contributed by atoms with Crippen molar-refractivity contribution in [3.63, 3.8) is 0 Å². The second-order valence-corrected chi connectivity index (χ2v) is 5.01. The van der Waals surface area contributed by atoms with Crippen molar-refractivity contribution in [1.82, 2.24) is 4.90 Å². The third-order valence-electron chi connectivity index (χ3n) is 3.26. The first-order valence-electron chi connectivity index (χ1n) is 7.90. The van der Waals surface area contributed by atoms with Gasteiger partial charge in [0, 0.05) is 19.5 Å². The van der Waals surface area contributed by atoms with Gasteiger partial charge in [-0.15, -0.1) is 0 Å². The van der Waals surface area contributed by atoms with Crippen LogP contribution >= 0.6 is 0 Å². The smallest absolute Gasteiger partial charge is 0.222 e. The topological polar surface area (TPSA) is 60.8 Å². The lowest BCUT2D eigenvalue weighted by Crippen LogP contribution is -2.35. The summed E-state index contributed by atoms with van der Waals surface area (Å²) in [6.45, 7) is 2.70. The highest BCUT2D eigenvalue weighted by molar-refractivity contribution is 5.76. The Balaban J connectivity index is 3.52. The Kier molecular flexibility index (Phi) is 13.9. The summed E-state index contributed by atoms with van der Waals surface area (Å²) in [6, 6.07) is 0. The van der Waals surface area contributed by atoms with Crippen LogP contribution in [0.1, 0.15) is 58.3 Å². The highest BCUT2D eigenvalue weighted by atomic mass is 16.3. The Morgan fingerprint density at radius 1 is 0.950 bits per heavy atom. The molecule has 0 aliphatic rings. The van der Waals surface area contributed by atoms with Gasteiger partial charge in [0.15, 0.2) is 0 Å². The van der Waals surface area contributed by atoms with E-state index in [1.165, 1.54) is 24.2 Å². The number of carbonyl (C=O) groups excluding carboxylic acids is 1. The molecular weight excluding hydrogens is 254 g/mol. The Hall–Kier alpha value is -0.870. The van der Waals surface area contributed by atoms with Crippen molar-refractivity contribution >= 4 is 5.91 Å². The molecule has 20 heavy (non-hydrogen) atoms. The number of rotatable bonds is 13. The molecule has 4 heteroatoms. The average Bonchev–Trinajstić information content (AvgIpc) is 2.45. The highest BCUT2D eigenvalue weighted by Gasteiger charge is 2.11. The summed E-state index contributed by atoms with van der Waals surface area (Å²) in [5.74, 6) is 0.0407. The van der Waals surface area contributed by atoms with Crippen LogP contribution in [0.15, 0.2) is 12.2 Å². The van der Waals surface area contributed by atoms with Gasteiger partial charge in [0.2, 0.25) is 5.91 Å². The molecule has 0 atom stereocenters. The minimum Gasteiger partial charge on any atom is -0.395 e. The van der Waals surface area contributed by atoms with Crippen LogP contribution in [-0.2, 0) is 4.79 Å². The average molecular weight is 285 g/mol. The highest BCUT2D eigenvalue weighted by Crippen LogP contribution is 2.09. The van der Waals surface area contributed by atoms with Crippen molar-refractivity contribution in [3.05, 3.63) is 12.2 Å². The Morgan fingerprint density at radius 2 is 1.55 bits per heavy atom. The van der Waals surface area contributed by atoms with Crippen molar-refractivity contribution in [2.45, 2.75) is 58.3 Å². The molecule has 0 fully saturated rings. The standard InChI is InChI=1S/C16H31NO3/c1-2-3-4-5-6-7-8-9-10-11-16(20)17(12-14-18)13-15-19/h3-4,18-19H,2,5-15H2,1H3. The molecule has 0 heterocycles. The van der Waals surface area contributed by atoms with E-state index >= 15 is 0 Å². The van der Waals surface area contributed by atoms with E-state index in [1.807, 2.05) is 0 Å². The number of hydrogen-bond donors (Lipinski definition) is 2. The first kappa shape index (κ1) is 19.1. The molecule has 0 spiro atoms. The van der Waals surface area contributed by atoms with Gasteiger partial charge in [-0.25, -0.2) is 0 Å². The zero-order valence-corrected chi connectivity index (χ0v) is 12.9. The molecule has 0 radical (unpaired) electrons. The van der Waals surface area contributed by atoms with Gasteiger partial charge in [-0.3, -0.25) is 4.79 Å². The molecule has 0 aromatic rings. The van der Waals surface area contributed by atoms with Crippen molar-refractivity contribution in [3.8, 4) is 0 Å². The summed E-state index contributed by atoms with van der Waals surface area (Å²) < 4.78 is 0. The monoisotopic (exact) mass is 285 g/mol. The number of hydrogen-bond acceptors (Lipinski definition) is 3. The second kappa shape index (κ2) is 14.5. The summed E-state index contributed by atoms with van der Waals surface area (Å²) in [6.07, 6.45) is 12.8. The molecular formula is C16H31NO3. The van der Waals surface area contributed by atoms with E-state index in [0.717, 1.165) is 25.7 Å². The van der Waals surface area contributed by atoms with Gasteiger partial charge in [0.25, 0.3) is 0 Å². The third kappa shape index (κ3) is 11.0. The fraction of sp³-hybridized carbons (Fsp3) is 0.812. The molecule has 4 nitrogen and oxygen atoms in total. The van der Waals surface area contributed by atoms with Crippen molar-refractivity contribution in [2.75, 3.05) is 26.3 Å². The number of aliphatic hydroxyl groups excluding tert-OH is 2. The van der Waals surface area contributed by atoms with Crippen molar-refractivity contribution in [2.24, 2.45) is 0 Å². The molecule has 0 aromatic heterocycles. The van der Waals surface area contributed by atoms with Crippen LogP contribution in [0.4, 0.5) is 0 Å². The van der Waals surface area contributed by atoms with E-state index in [0.29, 0.717) is 19.5 Å². The largest absolute Gasteiger partial charge is 0.395 e. The number of unbranched alkanes of at least 4 members (excludes halogenated alkanes) is 5. The van der Waals surface area contributed by atoms with E-state index in [4.69, 9.17) is 10.2 Å². The summed E-state index contributed by atoms with van der Waals surface area (Å²) >= 11 is 0. The molecule has 2 N–H and O–H groups in total. The predicted octanol–water partition coefficient (Wildman–Crippen LogP) is 2.50. The number of aliphatic hydroxyl groups is 2. The first-order valence-corrected chi connectivity index (χ1v) is 7.90. The van der Waals surface area contributed by atoms with Gasteiger partial charge in [-0.2, -0.15) is 0 Å². The quantitative estimate of drug-likeness (QED) is 0.404. The number of allylic oxidation sites excluding steroid dienone is 2. The molecule has 0 aromatic carbocycles. The lowest BCUT2D eigenvalue weighted by molar-refractivity contribution is -0.132. The van der Waals surface area contributed by atoms with Crippen LogP contribution in [0.5, 0.6) is 0 Å². The molecule has 118 valence electrons. The van der Waals surface area contributed by atoms with Crippen LogP contribution in [0.2, 0.25) is 0 Å².